The maximum absolute atomic E-state index is 13.4. The quantitative estimate of drug-likeness (QED) is 0.627. The van der Waals surface area contributed by atoms with Crippen molar-refractivity contribution >= 4 is 39.2 Å². The molecule has 0 aliphatic carbocycles. The molecular weight excluding hydrogens is 456 g/mol. The smallest absolute Gasteiger partial charge is 0.348 e. The van der Waals surface area contributed by atoms with E-state index in [1.807, 2.05) is 0 Å². The highest BCUT2D eigenvalue weighted by Gasteiger charge is 2.39. The summed E-state index contributed by atoms with van der Waals surface area (Å²) < 4.78 is 37.7. The van der Waals surface area contributed by atoms with Crippen molar-refractivity contribution in [1.82, 2.24) is 4.31 Å². The molecule has 1 unspecified atom stereocenters. The molecule has 1 fully saturated rings. The Morgan fingerprint density at radius 1 is 1.06 bits per heavy atom. The number of amides is 1. The van der Waals surface area contributed by atoms with Gasteiger partial charge in [-0.1, -0.05) is 23.7 Å². The number of esters is 1. The zero-order valence-corrected chi connectivity index (χ0v) is 19.0. The Morgan fingerprint density at radius 3 is 2.38 bits per heavy atom. The first-order valence-electron chi connectivity index (χ1n) is 10.2. The number of anilines is 1. The third-order valence-electron chi connectivity index (χ3n) is 5.76. The molecule has 1 saturated heterocycles. The zero-order chi connectivity index (χ0) is 22.9. The zero-order valence-electron chi connectivity index (χ0n) is 17.4. The predicted molar refractivity (Wildman–Crippen MR) is 118 cm³/mol. The molecule has 170 valence electrons. The number of benzene rings is 2. The number of fused-ring (bicyclic) bond motifs is 1. The van der Waals surface area contributed by atoms with Gasteiger partial charge in [0.25, 0.3) is 0 Å². The largest absolute Gasteiger partial charge is 0.475 e. The molecule has 1 amide bonds. The van der Waals surface area contributed by atoms with Gasteiger partial charge in [0.15, 0.2) is 0 Å². The molecule has 2 aromatic carbocycles. The fourth-order valence-electron chi connectivity index (χ4n) is 4.02. The maximum Gasteiger partial charge on any atom is 0.348 e. The SMILES string of the molecule is COC(=O)C1CN(C(=O)C2CCN(S(=O)(=O)c3ccc(Cl)cc3)CC2)c2ccccc2O1. The molecule has 4 rings (SSSR count). The van der Waals surface area contributed by atoms with Crippen LogP contribution in [0.5, 0.6) is 5.75 Å². The van der Waals surface area contributed by atoms with Gasteiger partial charge in [0, 0.05) is 24.0 Å². The molecule has 2 aliphatic rings. The Balaban J connectivity index is 1.48. The van der Waals surface area contributed by atoms with Crippen molar-refractivity contribution < 1.29 is 27.5 Å². The van der Waals surface area contributed by atoms with Crippen molar-refractivity contribution in [3.63, 3.8) is 0 Å². The van der Waals surface area contributed by atoms with E-state index in [2.05, 4.69) is 0 Å². The van der Waals surface area contributed by atoms with Crippen LogP contribution in [0.1, 0.15) is 12.8 Å². The van der Waals surface area contributed by atoms with E-state index in [1.165, 1.54) is 35.7 Å². The lowest BCUT2D eigenvalue weighted by Gasteiger charge is -2.37. The second-order valence-electron chi connectivity index (χ2n) is 7.68. The normalized spacial score (nSPS) is 19.7. The summed E-state index contributed by atoms with van der Waals surface area (Å²) in [6.07, 6.45) is -0.147. The molecule has 32 heavy (non-hydrogen) atoms. The predicted octanol–water partition coefficient (Wildman–Crippen LogP) is 2.71. The first kappa shape index (κ1) is 22.6. The highest BCUT2D eigenvalue weighted by atomic mass is 35.5. The van der Waals surface area contributed by atoms with Crippen molar-refractivity contribution in [1.29, 1.82) is 0 Å². The number of sulfonamides is 1. The van der Waals surface area contributed by atoms with Crippen LogP contribution in [0.3, 0.4) is 0 Å². The van der Waals surface area contributed by atoms with Crippen LogP contribution in [-0.2, 0) is 24.3 Å². The minimum atomic E-state index is -3.66. The molecule has 8 nitrogen and oxygen atoms in total. The molecular formula is C22H23ClN2O6S. The second-order valence-corrected chi connectivity index (χ2v) is 10.1. The molecule has 1 atom stereocenters. The van der Waals surface area contributed by atoms with Crippen LogP contribution >= 0.6 is 11.6 Å². The Kier molecular flexibility index (Phi) is 6.41. The number of piperidine rings is 1. The van der Waals surface area contributed by atoms with E-state index >= 15 is 0 Å². The molecule has 10 heteroatoms. The Labute approximate surface area is 191 Å². The highest BCUT2D eigenvalue weighted by molar-refractivity contribution is 7.89. The van der Waals surface area contributed by atoms with Crippen molar-refractivity contribution in [3.8, 4) is 5.75 Å². The summed E-state index contributed by atoms with van der Waals surface area (Å²) >= 11 is 5.86. The first-order valence-corrected chi connectivity index (χ1v) is 12.0. The van der Waals surface area contributed by atoms with Crippen LogP contribution in [0.2, 0.25) is 5.02 Å². The monoisotopic (exact) mass is 478 g/mol. The minimum Gasteiger partial charge on any atom is -0.475 e. The molecule has 0 radical (unpaired) electrons. The summed E-state index contributed by atoms with van der Waals surface area (Å²) in [6.45, 7) is 0.507. The van der Waals surface area contributed by atoms with Crippen LogP contribution < -0.4 is 9.64 Å². The van der Waals surface area contributed by atoms with E-state index in [-0.39, 0.29) is 36.4 Å². The lowest BCUT2D eigenvalue weighted by molar-refractivity contribution is -0.148. The summed E-state index contributed by atoms with van der Waals surface area (Å²) in [7, 11) is -2.38. The van der Waals surface area contributed by atoms with Crippen LogP contribution in [0.15, 0.2) is 53.4 Å². The number of ether oxygens (including phenoxy) is 2. The van der Waals surface area contributed by atoms with Crippen molar-refractivity contribution in [2.24, 2.45) is 5.92 Å². The maximum atomic E-state index is 13.4. The fourth-order valence-corrected chi connectivity index (χ4v) is 5.61. The van der Waals surface area contributed by atoms with Gasteiger partial charge in [-0.25, -0.2) is 13.2 Å². The number of methoxy groups -OCH3 is 1. The molecule has 2 heterocycles. The Morgan fingerprint density at radius 2 is 1.72 bits per heavy atom. The summed E-state index contributed by atoms with van der Waals surface area (Å²) in [5.74, 6) is -0.638. The third-order valence-corrected chi connectivity index (χ3v) is 7.92. The molecule has 0 saturated carbocycles. The van der Waals surface area contributed by atoms with Crippen LogP contribution in [0, 0.1) is 5.92 Å². The molecule has 0 N–H and O–H groups in total. The average Bonchev–Trinajstić information content (AvgIpc) is 2.82. The van der Waals surface area contributed by atoms with Crippen LogP contribution in [-0.4, -0.2) is 57.4 Å². The highest BCUT2D eigenvalue weighted by Crippen LogP contribution is 2.36. The number of rotatable bonds is 4. The summed E-state index contributed by atoms with van der Waals surface area (Å²) in [5, 5.41) is 0.462. The van der Waals surface area contributed by atoms with E-state index in [1.54, 1.807) is 29.2 Å². The summed E-state index contributed by atoms with van der Waals surface area (Å²) in [5.41, 5.74) is 0.592. The van der Waals surface area contributed by atoms with Gasteiger partial charge in [-0.3, -0.25) is 4.79 Å². The number of carbonyl (C=O) groups is 2. The van der Waals surface area contributed by atoms with E-state index in [0.29, 0.717) is 29.3 Å². The standard InChI is InChI=1S/C22H23ClN2O6S/c1-30-22(27)20-14-25(18-4-2-3-5-19(18)31-20)21(26)15-10-12-24(13-11-15)32(28,29)17-8-6-16(23)7-9-17/h2-9,15,20H,10-14H2,1H3. The first-order chi connectivity index (χ1) is 15.3. The van der Waals surface area contributed by atoms with Gasteiger partial charge in [0.1, 0.15) is 5.75 Å². The molecule has 2 aliphatic heterocycles. The van der Waals surface area contributed by atoms with Crippen molar-refractivity contribution in [2.45, 2.75) is 23.8 Å². The van der Waals surface area contributed by atoms with Gasteiger partial charge in [0.05, 0.1) is 24.2 Å². The number of halogens is 1. The number of para-hydroxylation sites is 2. The molecule has 0 spiro atoms. The van der Waals surface area contributed by atoms with Gasteiger partial charge in [-0.05, 0) is 49.2 Å². The van der Waals surface area contributed by atoms with Gasteiger partial charge in [-0.15, -0.1) is 0 Å². The Hall–Kier alpha value is -2.62. The number of carbonyl (C=O) groups excluding carboxylic acids is 2. The second kappa shape index (κ2) is 9.09. The van der Waals surface area contributed by atoms with Gasteiger partial charge in [0.2, 0.25) is 22.0 Å². The fraction of sp³-hybridized carbons (Fsp3) is 0.364. The van der Waals surface area contributed by atoms with E-state index in [9.17, 15) is 18.0 Å². The lowest BCUT2D eigenvalue weighted by atomic mass is 9.95. The van der Waals surface area contributed by atoms with Crippen LogP contribution in [0.4, 0.5) is 5.69 Å². The van der Waals surface area contributed by atoms with E-state index in [0.717, 1.165) is 0 Å². The Bertz CT molecular complexity index is 1110. The van der Waals surface area contributed by atoms with E-state index < -0.39 is 22.1 Å². The number of nitrogens with zero attached hydrogens (tertiary/aromatic N) is 2. The molecule has 2 aromatic rings. The summed E-state index contributed by atoms with van der Waals surface area (Å²) in [4.78, 5) is 27.2. The van der Waals surface area contributed by atoms with Crippen molar-refractivity contribution in [2.75, 3.05) is 31.6 Å². The number of hydrogen-bond donors (Lipinski definition) is 0. The molecule has 0 aromatic heterocycles. The lowest BCUT2D eigenvalue weighted by Crippen LogP contribution is -2.51. The van der Waals surface area contributed by atoms with Gasteiger partial charge in [-0.2, -0.15) is 4.31 Å². The average molecular weight is 479 g/mol. The topological polar surface area (TPSA) is 93.2 Å². The minimum absolute atomic E-state index is 0.0474. The molecule has 0 bridgehead atoms. The van der Waals surface area contributed by atoms with E-state index in [4.69, 9.17) is 21.1 Å². The van der Waals surface area contributed by atoms with Crippen LogP contribution in [0.25, 0.3) is 0 Å². The summed E-state index contributed by atoms with van der Waals surface area (Å²) in [6, 6.07) is 13.1. The van der Waals surface area contributed by atoms with Gasteiger partial charge >= 0.3 is 5.97 Å². The number of hydrogen-bond acceptors (Lipinski definition) is 6. The van der Waals surface area contributed by atoms with Gasteiger partial charge < -0.3 is 14.4 Å². The van der Waals surface area contributed by atoms with Crippen molar-refractivity contribution in [3.05, 3.63) is 53.6 Å². The third kappa shape index (κ3) is 4.32.